The average Bonchev–Trinajstić information content (AvgIpc) is 2.80. The Morgan fingerprint density at radius 3 is 0.729 bits per heavy atom. The Labute approximate surface area is 241 Å². The van der Waals surface area contributed by atoms with E-state index in [1.54, 1.807) is 9.05 Å². The zero-order chi connectivity index (χ0) is 39.8. The summed E-state index contributed by atoms with van der Waals surface area (Å²) in [7, 11) is -8.61. The van der Waals surface area contributed by atoms with E-state index in [1.807, 2.05) is 0 Å². The van der Waals surface area contributed by atoms with E-state index >= 15 is 0 Å². The van der Waals surface area contributed by atoms with E-state index < -0.39 is 92.3 Å². The number of phosphoric ester groups is 1. The second-order valence-electron chi connectivity index (χ2n) is 8.25. The number of halogens is 28. The first-order chi connectivity index (χ1) is 20.2. The zero-order valence-corrected chi connectivity index (χ0v) is 21.8. The molecule has 0 aromatic rings. The van der Waals surface area contributed by atoms with Crippen molar-refractivity contribution in [1.29, 1.82) is 0 Å². The number of phosphoric acid groups is 1. The highest BCUT2D eigenvalue weighted by molar-refractivity contribution is 7.48. The molecule has 0 spiro atoms. The van der Waals surface area contributed by atoms with Crippen LogP contribution in [0.1, 0.15) is 6.92 Å². The van der Waals surface area contributed by atoms with E-state index in [0.717, 1.165) is 0 Å². The monoisotopic (exact) mass is 812 g/mol. The quantitative estimate of drug-likeness (QED) is 0.122. The summed E-state index contributed by atoms with van der Waals surface area (Å²) in [4.78, 5) is 0. The van der Waals surface area contributed by atoms with Crippen molar-refractivity contribution in [2.45, 2.75) is 84.8 Å². The molecule has 4 nitrogen and oxygen atoms in total. The maximum absolute atomic E-state index is 13.9. The molecule has 0 saturated carbocycles. The van der Waals surface area contributed by atoms with Gasteiger partial charge in [0.05, 0.1) is 6.61 Å². The van der Waals surface area contributed by atoms with Crippen molar-refractivity contribution in [3.8, 4) is 0 Å². The molecule has 0 bridgehead atoms. The van der Waals surface area contributed by atoms with Crippen molar-refractivity contribution in [2.75, 3.05) is 6.61 Å². The maximum Gasteiger partial charge on any atom is 0.484 e. The summed E-state index contributed by atoms with van der Waals surface area (Å²) < 4.78 is 386. The van der Waals surface area contributed by atoms with Crippen LogP contribution in [-0.2, 0) is 18.1 Å². The van der Waals surface area contributed by atoms with Crippen LogP contribution < -0.4 is 0 Å². The number of alkyl halides is 28. The fourth-order valence-electron chi connectivity index (χ4n) is 2.33. The first-order valence-electron chi connectivity index (χ1n) is 10.2. The van der Waals surface area contributed by atoms with E-state index in [-0.39, 0.29) is 6.92 Å². The largest absolute Gasteiger partial charge is 0.484 e. The van der Waals surface area contributed by atoms with E-state index in [2.05, 4.69) is 4.52 Å². The number of hydrogen-bond acceptors (Lipinski definition) is 4. The minimum atomic E-state index is -9.18. The van der Waals surface area contributed by atoms with Crippen molar-refractivity contribution in [1.82, 2.24) is 0 Å². The molecule has 0 aliphatic heterocycles. The highest BCUT2D eigenvalue weighted by atomic mass is 31.2. The molecular weight excluding hydrogens is 807 g/mol. The summed E-state index contributed by atoms with van der Waals surface area (Å²) in [6.45, 7) is -2.27. The summed E-state index contributed by atoms with van der Waals surface area (Å²) in [5.41, 5.74) is 0. The molecule has 1 unspecified atom stereocenters. The van der Waals surface area contributed by atoms with Crippen molar-refractivity contribution in [3.05, 3.63) is 0 Å². The lowest BCUT2D eigenvalue weighted by Crippen LogP contribution is -2.72. The lowest BCUT2D eigenvalue weighted by Gasteiger charge is -2.41. The summed E-state index contributed by atoms with van der Waals surface area (Å²) in [6.07, 6.45) is -33.1. The molecule has 0 saturated heterocycles. The van der Waals surface area contributed by atoms with Crippen LogP contribution in [0, 0.1) is 0 Å². The minimum absolute atomic E-state index is 0.0545. The van der Waals surface area contributed by atoms with Crippen LogP contribution in [-0.4, -0.2) is 84.5 Å². The molecule has 0 rings (SSSR count). The van der Waals surface area contributed by atoms with Crippen molar-refractivity contribution in [3.63, 3.8) is 0 Å². The second kappa shape index (κ2) is 11.9. The van der Waals surface area contributed by atoms with Crippen LogP contribution in [0.15, 0.2) is 0 Å². The molecule has 0 heterocycles. The number of hydrogen-bond donors (Lipinski definition) is 0. The van der Waals surface area contributed by atoms with Crippen LogP contribution in [0.25, 0.3) is 0 Å². The third kappa shape index (κ3) is 6.42. The van der Waals surface area contributed by atoms with Crippen molar-refractivity contribution in [2.24, 2.45) is 0 Å². The molecule has 0 radical (unpaired) electrons. The Hall–Kier alpha value is -1.85. The SMILES string of the molecule is CCOP(=O)(OC(F)(F)C(F)(F)C(F)(F)C(F)(F)C(F)(F)C(F)(F)F)OC(F)(F)C(F)(F)C(F)(F)C(F)(F)C(F)(F)C(F)(F)C(F)(F)F. The van der Waals surface area contributed by atoms with Gasteiger partial charge in [0.15, 0.2) is 0 Å². The fourth-order valence-corrected chi connectivity index (χ4v) is 3.58. The Balaban J connectivity index is 7.15. The molecule has 1 atom stereocenters. The van der Waals surface area contributed by atoms with Crippen molar-refractivity contribution >= 4 is 7.82 Å². The predicted octanol–water partition coefficient (Wildman–Crippen LogP) is 10.2. The molecular formula is C15H5F28O4P. The van der Waals surface area contributed by atoms with Gasteiger partial charge in [0.25, 0.3) is 0 Å². The highest BCUT2D eigenvalue weighted by Gasteiger charge is 2.95. The van der Waals surface area contributed by atoms with E-state index in [9.17, 15) is 127 Å². The molecule has 33 heteroatoms. The third-order valence-electron chi connectivity index (χ3n) is 4.94. The number of rotatable bonds is 15. The molecule has 0 N–H and O–H groups in total. The lowest BCUT2D eigenvalue weighted by atomic mass is 9.93. The first kappa shape index (κ1) is 46.1. The zero-order valence-electron chi connectivity index (χ0n) is 20.9. The molecule has 0 aromatic carbocycles. The van der Waals surface area contributed by atoms with Crippen LogP contribution in [0.3, 0.4) is 0 Å². The van der Waals surface area contributed by atoms with Gasteiger partial charge in [0.1, 0.15) is 0 Å². The van der Waals surface area contributed by atoms with Crippen molar-refractivity contribution < 1.29 is 141 Å². The van der Waals surface area contributed by atoms with Gasteiger partial charge >= 0.3 is 85.7 Å². The van der Waals surface area contributed by atoms with E-state index in [1.165, 1.54) is 0 Å². The topological polar surface area (TPSA) is 44.8 Å². The summed E-state index contributed by atoms with van der Waals surface area (Å²) in [6, 6.07) is 0. The van der Waals surface area contributed by atoms with Gasteiger partial charge in [-0.15, -0.1) is 0 Å². The summed E-state index contributed by atoms with van der Waals surface area (Å²) >= 11 is 0. The van der Waals surface area contributed by atoms with Gasteiger partial charge in [-0.1, -0.05) is 0 Å². The normalized spacial score (nSPS) is 17.9. The fraction of sp³-hybridized carbons (Fsp3) is 1.00. The standard InChI is InChI=1S/C15H5F28O4P/c1-2-45-48(44,47-15(42,43)11(32,33)7(24,25)5(20,21)9(28,29)13(37,38)39)46-14(40,41)10(30,31)6(22,23)3(16,17)4(18,19)8(26,27)12(34,35)36/h2H2,1H3. The van der Waals surface area contributed by atoms with Crippen LogP contribution in [0.2, 0.25) is 0 Å². The van der Waals surface area contributed by atoms with Gasteiger partial charge in [0, 0.05) is 0 Å². The summed E-state index contributed by atoms with van der Waals surface area (Å²) in [5, 5.41) is 0. The third-order valence-corrected chi connectivity index (χ3v) is 6.42. The molecule has 290 valence electrons. The molecule has 0 fully saturated rings. The molecule has 0 aliphatic carbocycles. The van der Waals surface area contributed by atoms with Gasteiger partial charge in [-0.3, -0.25) is 4.52 Å². The predicted molar refractivity (Wildman–Crippen MR) is 87.9 cm³/mol. The average molecular weight is 812 g/mol. The minimum Gasteiger partial charge on any atom is -0.287 e. The Kier molecular flexibility index (Phi) is 11.4. The van der Waals surface area contributed by atoms with Gasteiger partial charge in [0.2, 0.25) is 0 Å². The molecule has 0 amide bonds. The second-order valence-corrected chi connectivity index (χ2v) is 9.76. The van der Waals surface area contributed by atoms with Gasteiger partial charge < -0.3 is 0 Å². The Morgan fingerprint density at radius 1 is 0.354 bits per heavy atom. The van der Waals surface area contributed by atoms with E-state index in [0.29, 0.717) is 0 Å². The van der Waals surface area contributed by atoms with E-state index in [4.69, 9.17) is 0 Å². The smallest absolute Gasteiger partial charge is 0.287 e. The molecule has 0 aromatic heterocycles. The van der Waals surface area contributed by atoms with Crippen LogP contribution in [0.5, 0.6) is 0 Å². The van der Waals surface area contributed by atoms with Crippen LogP contribution in [0.4, 0.5) is 123 Å². The molecule has 0 aliphatic rings. The molecule has 48 heavy (non-hydrogen) atoms. The maximum atomic E-state index is 13.9. The lowest BCUT2D eigenvalue weighted by molar-refractivity contribution is -0.469. The first-order valence-corrected chi connectivity index (χ1v) is 11.6. The highest BCUT2D eigenvalue weighted by Crippen LogP contribution is 2.68. The van der Waals surface area contributed by atoms with Gasteiger partial charge in [-0.2, -0.15) is 123 Å². The summed E-state index contributed by atoms with van der Waals surface area (Å²) in [5.74, 6) is -79.9. The van der Waals surface area contributed by atoms with Crippen LogP contribution >= 0.6 is 7.82 Å². The van der Waals surface area contributed by atoms with Gasteiger partial charge in [-0.05, 0) is 6.92 Å². The Morgan fingerprint density at radius 2 is 0.542 bits per heavy atom. The van der Waals surface area contributed by atoms with Gasteiger partial charge in [-0.25, -0.2) is 13.6 Å². The Bertz CT molecular complexity index is 1200.